The summed E-state index contributed by atoms with van der Waals surface area (Å²) in [6, 6.07) is -0.502. The summed E-state index contributed by atoms with van der Waals surface area (Å²) in [6.07, 6.45) is 4.35. The van der Waals surface area contributed by atoms with Gasteiger partial charge in [0.05, 0.1) is 6.04 Å². The number of amides is 1. The van der Waals surface area contributed by atoms with Gasteiger partial charge in [0.1, 0.15) is 5.60 Å². The van der Waals surface area contributed by atoms with Crippen molar-refractivity contribution in [1.29, 1.82) is 0 Å². The number of alkyl carbamates (subject to hydrolysis) is 1. The number of carbonyl (C=O) groups is 2. The molecule has 0 heterocycles. The van der Waals surface area contributed by atoms with E-state index < -0.39 is 17.7 Å². The Kier molecular flexibility index (Phi) is 4.93. The zero-order chi connectivity index (χ0) is 13.8. The minimum atomic E-state index is -0.553. The van der Waals surface area contributed by atoms with Crippen molar-refractivity contribution in [3.63, 3.8) is 0 Å². The van der Waals surface area contributed by atoms with Crippen molar-refractivity contribution in [1.82, 2.24) is 5.32 Å². The van der Waals surface area contributed by atoms with Crippen LogP contribution in [0.4, 0.5) is 4.79 Å². The Morgan fingerprint density at radius 1 is 1.44 bits per heavy atom. The Hall–Kier alpha value is -1.32. The maximum atomic E-state index is 12.0. The van der Waals surface area contributed by atoms with Crippen LogP contribution in [-0.4, -0.2) is 23.5 Å². The Morgan fingerprint density at radius 2 is 2.06 bits per heavy atom. The first-order valence-corrected chi connectivity index (χ1v) is 6.45. The van der Waals surface area contributed by atoms with E-state index in [4.69, 9.17) is 4.74 Å². The highest BCUT2D eigenvalue weighted by atomic mass is 16.6. The molecule has 1 amide bonds. The molecule has 1 fully saturated rings. The molecule has 0 aliphatic heterocycles. The van der Waals surface area contributed by atoms with Gasteiger partial charge in [0.25, 0.3) is 0 Å². The second kappa shape index (κ2) is 6.03. The Bertz CT molecular complexity index is 326. The number of nitrogens with one attached hydrogen (secondary N) is 1. The SMILES string of the molecule is C=CCC(NC(=O)OC(C)(C)C)C(=O)CC1CC1. The van der Waals surface area contributed by atoms with Crippen LogP contribution in [0.1, 0.15) is 46.5 Å². The summed E-state index contributed by atoms with van der Waals surface area (Å²) in [5.41, 5.74) is -0.553. The monoisotopic (exact) mass is 253 g/mol. The average molecular weight is 253 g/mol. The van der Waals surface area contributed by atoms with E-state index in [9.17, 15) is 9.59 Å². The third kappa shape index (κ3) is 5.84. The van der Waals surface area contributed by atoms with Crippen LogP contribution >= 0.6 is 0 Å². The minimum Gasteiger partial charge on any atom is -0.444 e. The summed E-state index contributed by atoms with van der Waals surface area (Å²) < 4.78 is 5.15. The van der Waals surface area contributed by atoms with Gasteiger partial charge in [-0.05, 0) is 46.0 Å². The number of hydrogen-bond donors (Lipinski definition) is 1. The van der Waals surface area contributed by atoms with Crippen molar-refractivity contribution >= 4 is 11.9 Å². The fourth-order valence-corrected chi connectivity index (χ4v) is 1.64. The number of rotatable bonds is 6. The maximum Gasteiger partial charge on any atom is 0.408 e. The third-order valence-electron chi connectivity index (χ3n) is 2.67. The Morgan fingerprint density at radius 3 is 2.50 bits per heavy atom. The number of hydrogen-bond acceptors (Lipinski definition) is 3. The third-order valence-corrected chi connectivity index (χ3v) is 2.67. The first kappa shape index (κ1) is 14.7. The van der Waals surface area contributed by atoms with Gasteiger partial charge >= 0.3 is 6.09 Å². The first-order chi connectivity index (χ1) is 8.31. The smallest absolute Gasteiger partial charge is 0.408 e. The highest BCUT2D eigenvalue weighted by Gasteiger charge is 2.29. The fourth-order valence-electron chi connectivity index (χ4n) is 1.64. The van der Waals surface area contributed by atoms with Gasteiger partial charge in [-0.2, -0.15) is 0 Å². The molecule has 0 aromatic carbocycles. The molecule has 0 aromatic rings. The zero-order valence-electron chi connectivity index (χ0n) is 11.5. The number of ketones is 1. The normalized spacial score (nSPS) is 16.8. The van der Waals surface area contributed by atoms with Gasteiger partial charge < -0.3 is 10.1 Å². The summed E-state index contributed by atoms with van der Waals surface area (Å²) >= 11 is 0. The molecule has 1 aliphatic rings. The van der Waals surface area contributed by atoms with Crippen molar-refractivity contribution in [2.75, 3.05) is 0 Å². The molecule has 1 atom stereocenters. The molecule has 0 saturated heterocycles. The van der Waals surface area contributed by atoms with Crippen molar-refractivity contribution in [3.8, 4) is 0 Å². The van der Waals surface area contributed by atoms with Crippen LogP contribution in [0.3, 0.4) is 0 Å². The quantitative estimate of drug-likeness (QED) is 0.740. The summed E-state index contributed by atoms with van der Waals surface area (Å²) in [5.74, 6) is 0.591. The van der Waals surface area contributed by atoms with Gasteiger partial charge in [0.15, 0.2) is 5.78 Å². The molecule has 4 nitrogen and oxygen atoms in total. The topological polar surface area (TPSA) is 55.4 Å². The van der Waals surface area contributed by atoms with Crippen molar-refractivity contribution in [2.24, 2.45) is 5.92 Å². The summed E-state index contributed by atoms with van der Waals surface area (Å²) in [7, 11) is 0. The lowest BCUT2D eigenvalue weighted by Gasteiger charge is -2.22. The summed E-state index contributed by atoms with van der Waals surface area (Å²) in [4.78, 5) is 23.6. The molecule has 1 unspecified atom stereocenters. The standard InChI is InChI=1S/C14H23NO3/c1-5-6-11(12(16)9-10-7-8-10)15-13(17)18-14(2,3)4/h5,10-11H,1,6-9H2,2-4H3,(H,15,17). The van der Waals surface area contributed by atoms with Crippen LogP contribution in [0, 0.1) is 5.92 Å². The maximum absolute atomic E-state index is 12.0. The molecular formula is C14H23NO3. The summed E-state index contributed by atoms with van der Waals surface area (Å²) in [6.45, 7) is 8.99. The van der Waals surface area contributed by atoms with Gasteiger partial charge in [0, 0.05) is 6.42 Å². The molecule has 0 aromatic heterocycles. The highest BCUT2D eigenvalue weighted by Crippen LogP contribution is 2.33. The fraction of sp³-hybridized carbons (Fsp3) is 0.714. The lowest BCUT2D eigenvalue weighted by Crippen LogP contribution is -2.43. The van der Waals surface area contributed by atoms with Gasteiger partial charge in [-0.1, -0.05) is 6.08 Å². The van der Waals surface area contributed by atoms with E-state index in [0.29, 0.717) is 18.8 Å². The Balaban J connectivity index is 2.47. The number of Topliss-reactive ketones (excluding diaryl/α,β-unsaturated/α-hetero) is 1. The van der Waals surface area contributed by atoms with E-state index in [-0.39, 0.29) is 5.78 Å². The molecule has 1 aliphatic carbocycles. The molecule has 0 radical (unpaired) electrons. The van der Waals surface area contributed by atoms with E-state index in [1.807, 2.05) is 0 Å². The van der Waals surface area contributed by atoms with Gasteiger partial charge in [-0.15, -0.1) is 6.58 Å². The molecular weight excluding hydrogens is 230 g/mol. The minimum absolute atomic E-state index is 0.0725. The molecule has 0 bridgehead atoms. The van der Waals surface area contributed by atoms with Crippen LogP contribution in [0.5, 0.6) is 0 Å². The van der Waals surface area contributed by atoms with E-state index in [1.54, 1.807) is 26.8 Å². The van der Waals surface area contributed by atoms with E-state index >= 15 is 0 Å². The second-order valence-corrected chi connectivity index (χ2v) is 5.84. The van der Waals surface area contributed by atoms with Crippen LogP contribution in [0.25, 0.3) is 0 Å². The van der Waals surface area contributed by atoms with Gasteiger partial charge in [0.2, 0.25) is 0 Å². The van der Waals surface area contributed by atoms with Crippen LogP contribution in [0.2, 0.25) is 0 Å². The zero-order valence-corrected chi connectivity index (χ0v) is 11.5. The van der Waals surface area contributed by atoms with Crippen molar-refractivity contribution < 1.29 is 14.3 Å². The van der Waals surface area contributed by atoms with Gasteiger partial charge in [-0.25, -0.2) is 4.79 Å². The molecule has 1 rings (SSSR count). The molecule has 18 heavy (non-hydrogen) atoms. The van der Waals surface area contributed by atoms with Crippen LogP contribution in [-0.2, 0) is 9.53 Å². The lowest BCUT2D eigenvalue weighted by molar-refractivity contribution is -0.121. The molecule has 0 spiro atoms. The van der Waals surface area contributed by atoms with Crippen LogP contribution < -0.4 is 5.32 Å². The largest absolute Gasteiger partial charge is 0.444 e. The predicted molar refractivity (Wildman–Crippen MR) is 70.3 cm³/mol. The average Bonchev–Trinajstić information content (AvgIpc) is 2.98. The van der Waals surface area contributed by atoms with E-state index in [1.165, 1.54) is 0 Å². The highest BCUT2D eigenvalue weighted by molar-refractivity contribution is 5.87. The molecule has 1 saturated carbocycles. The molecule has 1 N–H and O–H groups in total. The van der Waals surface area contributed by atoms with Gasteiger partial charge in [-0.3, -0.25) is 4.79 Å². The van der Waals surface area contributed by atoms with Crippen molar-refractivity contribution in [3.05, 3.63) is 12.7 Å². The molecule has 4 heteroatoms. The van der Waals surface area contributed by atoms with Crippen molar-refractivity contribution in [2.45, 2.75) is 58.1 Å². The summed E-state index contributed by atoms with van der Waals surface area (Å²) in [5, 5.41) is 2.63. The number of ether oxygens (including phenoxy) is 1. The second-order valence-electron chi connectivity index (χ2n) is 5.84. The van der Waals surface area contributed by atoms with E-state index in [0.717, 1.165) is 12.8 Å². The first-order valence-electron chi connectivity index (χ1n) is 6.45. The van der Waals surface area contributed by atoms with Crippen LogP contribution in [0.15, 0.2) is 12.7 Å². The van der Waals surface area contributed by atoms with E-state index in [2.05, 4.69) is 11.9 Å². The Labute approximate surface area is 109 Å². The number of carbonyl (C=O) groups excluding carboxylic acids is 2. The lowest BCUT2D eigenvalue weighted by atomic mass is 10.0. The predicted octanol–water partition coefficient (Wildman–Crippen LogP) is 2.83. The molecule has 102 valence electrons.